The van der Waals surface area contributed by atoms with Gasteiger partial charge in [-0.1, -0.05) is 69.6 Å². The number of hydrogen-bond donors (Lipinski definition) is 1. The third kappa shape index (κ3) is 4.25. The zero-order valence-electron chi connectivity index (χ0n) is 13.4. The summed E-state index contributed by atoms with van der Waals surface area (Å²) in [6.07, 6.45) is 16.9. The monoisotopic (exact) mass is 285 g/mol. The van der Waals surface area contributed by atoms with E-state index in [2.05, 4.69) is 29.6 Å². The van der Waals surface area contributed by atoms with E-state index in [9.17, 15) is 0 Å². The van der Waals surface area contributed by atoms with Gasteiger partial charge in [-0.3, -0.25) is 0 Å². The summed E-state index contributed by atoms with van der Waals surface area (Å²) in [5, 5.41) is 3.88. The molecule has 0 saturated heterocycles. The van der Waals surface area contributed by atoms with E-state index in [1.165, 1.54) is 82.7 Å². The molecule has 1 nitrogen and oxygen atoms in total. The van der Waals surface area contributed by atoms with Crippen LogP contribution in [0.3, 0.4) is 0 Å². The molecule has 0 atom stereocenters. The van der Waals surface area contributed by atoms with Gasteiger partial charge in [0.05, 0.1) is 0 Å². The minimum Gasteiger partial charge on any atom is -0.382 e. The van der Waals surface area contributed by atoms with Crippen molar-refractivity contribution in [3.8, 4) is 0 Å². The van der Waals surface area contributed by atoms with Crippen LogP contribution in [0, 0.1) is 0 Å². The average molecular weight is 285 g/mol. The first-order chi connectivity index (χ1) is 10.4. The van der Waals surface area contributed by atoms with Gasteiger partial charge in [-0.05, 0) is 43.2 Å². The molecule has 0 heterocycles. The standard InChI is InChI=1S/C20H31N/c1-2-5-11-17(12-6-3-1)19-15-9-10-16-20(19)21-18-13-7-4-8-14-18/h9-10,15-18,21H,1-8,11-14H2. The highest BCUT2D eigenvalue weighted by Gasteiger charge is 2.19. The number of nitrogens with one attached hydrogen (secondary N) is 1. The summed E-state index contributed by atoms with van der Waals surface area (Å²) in [4.78, 5) is 0. The molecule has 0 radical (unpaired) electrons. The molecular weight excluding hydrogens is 254 g/mol. The number of rotatable bonds is 3. The summed E-state index contributed by atoms with van der Waals surface area (Å²) < 4.78 is 0. The Morgan fingerprint density at radius 2 is 1.24 bits per heavy atom. The van der Waals surface area contributed by atoms with Crippen LogP contribution in [0.4, 0.5) is 5.69 Å². The van der Waals surface area contributed by atoms with E-state index in [0.29, 0.717) is 6.04 Å². The average Bonchev–Trinajstić information content (AvgIpc) is 2.49. The molecule has 0 aliphatic heterocycles. The summed E-state index contributed by atoms with van der Waals surface area (Å²) in [5.41, 5.74) is 3.04. The van der Waals surface area contributed by atoms with Gasteiger partial charge in [-0.2, -0.15) is 0 Å². The van der Waals surface area contributed by atoms with Gasteiger partial charge in [0.2, 0.25) is 0 Å². The normalized spacial score (nSPS) is 22.5. The first-order valence-electron chi connectivity index (χ1n) is 9.29. The van der Waals surface area contributed by atoms with Gasteiger partial charge >= 0.3 is 0 Å². The molecule has 116 valence electrons. The first kappa shape index (κ1) is 14.9. The van der Waals surface area contributed by atoms with Crippen molar-refractivity contribution in [2.24, 2.45) is 0 Å². The third-order valence-corrected chi connectivity index (χ3v) is 5.47. The van der Waals surface area contributed by atoms with E-state index in [1.807, 2.05) is 0 Å². The Labute approximate surface area is 130 Å². The topological polar surface area (TPSA) is 12.0 Å². The lowest BCUT2D eigenvalue weighted by Crippen LogP contribution is -2.23. The molecule has 1 aromatic carbocycles. The Kier molecular flexibility index (Phi) is 5.60. The molecule has 2 aliphatic carbocycles. The molecule has 1 aromatic rings. The van der Waals surface area contributed by atoms with Crippen LogP contribution in [-0.2, 0) is 0 Å². The molecule has 2 fully saturated rings. The summed E-state index contributed by atoms with van der Waals surface area (Å²) in [7, 11) is 0. The van der Waals surface area contributed by atoms with Crippen molar-refractivity contribution in [2.75, 3.05) is 5.32 Å². The highest BCUT2D eigenvalue weighted by Crippen LogP contribution is 2.35. The molecule has 1 N–H and O–H groups in total. The minimum absolute atomic E-state index is 0.716. The third-order valence-electron chi connectivity index (χ3n) is 5.47. The predicted molar refractivity (Wildman–Crippen MR) is 92.0 cm³/mol. The summed E-state index contributed by atoms with van der Waals surface area (Å²) in [6, 6.07) is 9.87. The largest absolute Gasteiger partial charge is 0.382 e. The zero-order chi connectivity index (χ0) is 14.3. The predicted octanol–water partition coefficient (Wildman–Crippen LogP) is 6.26. The maximum absolute atomic E-state index is 3.88. The molecule has 1 heteroatoms. The van der Waals surface area contributed by atoms with Crippen LogP contribution in [0.2, 0.25) is 0 Å². The highest BCUT2D eigenvalue weighted by atomic mass is 14.9. The molecule has 0 spiro atoms. The number of hydrogen-bond acceptors (Lipinski definition) is 1. The molecule has 2 saturated carbocycles. The Morgan fingerprint density at radius 3 is 2.00 bits per heavy atom. The van der Waals surface area contributed by atoms with Gasteiger partial charge in [0.15, 0.2) is 0 Å². The Morgan fingerprint density at radius 1 is 0.667 bits per heavy atom. The number of benzene rings is 1. The van der Waals surface area contributed by atoms with Gasteiger partial charge in [0.1, 0.15) is 0 Å². The van der Waals surface area contributed by atoms with E-state index in [4.69, 9.17) is 0 Å². The van der Waals surface area contributed by atoms with Gasteiger partial charge in [-0.15, -0.1) is 0 Å². The van der Waals surface area contributed by atoms with Crippen molar-refractivity contribution >= 4 is 5.69 Å². The molecule has 21 heavy (non-hydrogen) atoms. The molecule has 0 aromatic heterocycles. The van der Waals surface area contributed by atoms with Crippen LogP contribution in [0.25, 0.3) is 0 Å². The Hall–Kier alpha value is -0.980. The summed E-state index contributed by atoms with van der Waals surface area (Å²) >= 11 is 0. The van der Waals surface area contributed by atoms with Crippen molar-refractivity contribution in [1.82, 2.24) is 0 Å². The zero-order valence-corrected chi connectivity index (χ0v) is 13.4. The van der Waals surface area contributed by atoms with Crippen molar-refractivity contribution < 1.29 is 0 Å². The lowest BCUT2D eigenvalue weighted by molar-refractivity contribution is 0.451. The fraction of sp³-hybridized carbons (Fsp3) is 0.700. The smallest absolute Gasteiger partial charge is 0.0377 e. The van der Waals surface area contributed by atoms with Crippen LogP contribution >= 0.6 is 0 Å². The Balaban J connectivity index is 1.71. The van der Waals surface area contributed by atoms with Gasteiger partial charge in [0, 0.05) is 11.7 Å². The summed E-state index contributed by atoms with van der Waals surface area (Å²) in [6.45, 7) is 0. The van der Waals surface area contributed by atoms with Crippen molar-refractivity contribution in [2.45, 2.75) is 89.0 Å². The van der Waals surface area contributed by atoms with Crippen LogP contribution in [0.1, 0.15) is 88.5 Å². The molecule has 3 rings (SSSR count). The SMILES string of the molecule is c1ccc(C2CCCCCCC2)c(NC2CCCCC2)c1. The quantitative estimate of drug-likeness (QED) is 0.691. The van der Waals surface area contributed by atoms with Gasteiger partial charge in [0.25, 0.3) is 0 Å². The lowest BCUT2D eigenvalue weighted by Gasteiger charge is -2.28. The van der Waals surface area contributed by atoms with Gasteiger partial charge in [-0.25, -0.2) is 0 Å². The highest BCUT2D eigenvalue weighted by molar-refractivity contribution is 5.53. The van der Waals surface area contributed by atoms with E-state index < -0.39 is 0 Å². The van der Waals surface area contributed by atoms with Crippen molar-refractivity contribution in [1.29, 1.82) is 0 Å². The maximum Gasteiger partial charge on any atom is 0.0377 e. The molecule has 0 unspecified atom stereocenters. The fourth-order valence-corrected chi connectivity index (χ4v) is 4.22. The van der Waals surface area contributed by atoms with E-state index in [1.54, 1.807) is 5.56 Å². The second-order valence-corrected chi connectivity index (χ2v) is 7.11. The molecular formula is C20H31N. The molecule has 0 amide bonds. The van der Waals surface area contributed by atoms with Crippen LogP contribution in [-0.4, -0.2) is 6.04 Å². The van der Waals surface area contributed by atoms with E-state index in [0.717, 1.165) is 5.92 Å². The van der Waals surface area contributed by atoms with E-state index >= 15 is 0 Å². The summed E-state index contributed by atoms with van der Waals surface area (Å²) in [5.74, 6) is 0.789. The van der Waals surface area contributed by atoms with Crippen molar-refractivity contribution in [3.63, 3.8) is 0 Å². The maximum atomic E-state index is 3.88. The molecule has 0 bridgehead atoms. The second kappa shape index (κ2) is 7.87. The molecule has 2 aliphatic rings. The van der Waals surface area contributed by atoms with Crippen molar-refractivity contribution in [3.05, 3.63) is 29.8 Å². The van der Waals surface area contributed by atoms with Crippen LogP contribution in [0.15, 0.2) is 24.3 Å². The van der Waals surface area contributed by atoms with Gasteiger partial charge < -0.3 is 5.32 Å². The van der Waals surface area contributed by atoms with E-state index in [-0.39, 0.29) is 0 Å². The Bertz CT molecular complexity index is 412. The van der Waals surface area contributed by atoms with Crippen LogP contribution in [0.5, 0.6) is 0 Å². The first-order valence-corrected chi connectivity index (χ1v) is 9.29. The lowest BCUT2D eigenvalue weighted by atomic mass is 9.85. The van der Waals surface area contributed by atoms with Crippen LogP contribution < -0.4 is 5.32 Å². The number of anilines is 1. The second-order valence-electron chi connectivity index (χ2n) is 7.11. The minimum atomic E-state index is 0.716. The fourth-order valence-electron chi connectivity index (χ4n) is 4.22. The number of para-hydroxylation sites is 1.